The average molecular weight is 340 g/mol. The van der Waals surface area contributed by atoms with E-state index >= 15 is 0 Å². The van der Waals surface area contributed by atoms with Gasteiger partial charge in [0.25, 0.3) is 0 Å². The van der Waals surface area contributed by atoms with Crippen molar-refractivity contribution in [2.75, 3.05) is 18.5 Å². The molecule has 3 unspecified atom stereocenters. The first-order chi connectivity index (χ1) is 6.97. The van der Waals surface area contributed by atoms with E-state index in [9.17, 15) is 14.2 Å². The molecule has 16 heavy (non-hydrogen) atoms. The maximum atomic E-state index is 11.2. The van der Waals surface area contributed by atoms with Crippen LogP contribution in [0.1, 0.15) is 13.3 Å². The van der Waals surface area contributed by atoms with Crippen molar-refractivity contribution in [1.29, 1.82) is 0 Å². The minimum absolute atomic E-state index is 0.0215. The molecule has 7 nitrogen and oxygen atoms in total. The molecule has 0 saturated heterocycles. The van der Waals surface area contributed by atoms with Gasteiger partial charge in [0.15, 0.2) is 0 Å². The first kappa shape index (κ1) is 16.7. The van der Waals surface area contributed by atoms with E-state index in [1.807, 2.05) is 0 Å². The van der Waals surface area contributed by atoms with Gasteiger partial charge in [0, 0.05) is 18.5 Å². The summed E-state index contributed by atoms with van der Waals surface area (Å²) in [7, 11) is -8.32. The largest absolute Gasteiger partial charge is 0.410 e. The summed E-state index contributed by atoms with van der Waals surface area (Å²) >= 11 is 3.08. The zero-order valence-electron chi connectivity index (χ0n) is 8.96. The van der Waals surface area contributed by atoms with Crippen molar-refractivity contribution in [2.45, 2.75) is 18.9 Å². The zero-order chi connectivity index (χ0) is 13.0. The summed E-state index contributed by atoms with van der Waals surface area (Å²) in [4.78, 5) is 17.9. The molecule has 0 aliphatic rings. The lowest BCUT2D eigenvalue weighted by molar-refractivity contribution is 0.0787. The molecule has 0 heterocycles. The van der Waals surface area contributed by atoms with E-state index < -0.39 is 20.9 Å². The molecule has 0 radical (unpaired) electrons. The van der Waals surface area contributed by atoms with Crippen molar-refractivity contribution in [2.24, 2.45) is 0 Å². The zero-order valence-corrected chi connectivity index (χ0v) is 12.3. The maximum Gasteiger partial charge on any atom is 0.410 e. The Morgan fingerprint density at radius 3 is 2.31 bits per heavy atom. The predicted molar refractivity (Wildman–Crippen MR) is 63.7 cm³/mol. The number of hydrogen-bond donors (Lipinski definition) is 4. The predicted octanol–water partition coefficient (Wildman–Crippen LogP) is 1.04. The van der Waals surface area contributed by atoms with Crippen LogP contribution >= 0.6 is 31.3 Å². The summed E-state index contributed by atoms with van der Waals surface area (Å²) in [5, 5.41) is 11.9. The van der Waals surface area contributed by atoms with E-state index in [1.54, 1.807) is 6.92 Å². The SMILES string of the molecule is CC(O)(CBr)CCNP(=O)(O)OP(C)(=O)O. The molecule has 0 bridgehead atoms. The van der Waals surface area contributed by atoms with Crippen molar-refractivity contribution in [1.82, 2.24) is 5.09 Å². The molecule has 4 N–H and O–H groups in total. The Morgan fingerprint density at radius 1 is 1.44 bits per heavy atom. The molecule has 0 aliphatic heterocycles. The molecule has 0 aromatic carbocycles. The van der Waals surface area contributed by atoms with Crippen LogP contribution in [0.3, 0.4) is 0 Å². The first-order valence-corrected chi connectivity index (χ1v) is 9.08. The summed E-state index contributed by atoms with van der Waals surface area (Å²) in [5.41, 5.74) is -1.03. The van der Waals surface area contributed by atoms with Gasteiger partial charge in [0.05, 0.1) is 5.60 Å². The van der Waals surface area contributed by atoms with E-state index in [1.165, 1.54) is 0 Å². The Kier molecular flexibility index (Phi) is 6.35. The summed E-state index contributed by atoms with van der Waals surface area (Å²) < 4.78 is 26.0. The minimum atomic E-state index is -4.30. The fraction of sp³-hybridized carbons (Fsp3) is 1.00. The van der Waals surface area contributed by atoms with Crippen molar-refractivity contribution in [3.63, 3.8) is 0 Å². The van der Waals surface area contributed by atoms with Crippen molar-refractivity contribution < 1.29 is 28.3 Å². The van der Waals surface area contributed by atoms with Crippen LogP contribution < -0.4 is 5.09 Å². The average Bonchev–Trinajstić information content (AvgIpc) is 1.98. The van der Waals surface area contributed by atoms with Gasteiger partial charge in [-0.1, -0.05) is 15.9 Å². The smallest absolute Gasteiger partial charge is 0.389 e. The molecule has 3 atom stereocenters. The molecule has 0 saturated carbocycles. The number of halogens is 1. The standard InChI is InChI=1S/C6H16BrNO6P2/c1-6(9,5-7)3-4-8-16(12,13)14-15(2,10)11/h9H,3-5H2,1-2H3,(H,10,11)(H2,8,12,13). The maximum absolute atomic E-state index is 11.2. The van der Waals surface area contributed by atoms with Gasteiger partial charge < -0.3 is 14.9 Å². The topological polar surface area (TPSA) is 116 Å². The number of alkyl halides is 1. The van der Waals surface area contributed by atoms with Gasteiger partial charge in [-0.3, -0.25) is 4.57 Å². The van der Waals surface area contributed by atoms with Crippen LogP contribution in [0.2, 0.25) is 0 Å². The van der Waals surface area contributed by atoms with Crippen LogP contribution in [0.5, 0.6) is 0 Å². The van der Waals surface area contributed by atoms with Crippen molar-refractivity contribution in [3.8, 4) is 0 Å². The molecule has 0 rings (SSSR count). The van der Waals surface area contributed by atoms with Crippen molar-refractivity contribution >= 4 is 31.3 Å². The monoisotopic (exact) mass is 339 g/mol. The Hall–Kier alpha value is 0.740. The van der Waals surface area contributed by atoms with Crippen LogP contribution in [0, 0.1) is 0 Å². The third kappa shape index (κ3) is 8.84. The highest BCUT2D eigenvalue weighted by Gasteiger charge is 2.28. The third-order valence-corrected chi connectivity index (χ3v) is 5.45. The van der Waals surface area contributed by atoms with Crippen molar-refractivity contribution in [3.05, 3.63) is 0 Å². The minimum Gasteiger partial charge on any atom is -0.389 e. The van der Waals surface area contributed by atoms with Crippen LogP contribution in [0.15, 0.2) is 0 Å². The van der Waals surface area contributed by atoms with Gasteiger partial charge in [-0.25, -0.2) is 14.0 Å². The number of aliphatic hydroxyl groups is 1. The molecule has 0 spiro atoms. The summed E-state index contributed by atoms with van der Waals surface area (Å²) in [6, 6.07) is 0. The van der Waals surface area contributed by atoms with Gasteiger partial charge in [-0.15, -0.1) is 0 Å². The lowest BCUT2D eigenvalue weighted by Gasteiger charge is -2.21. The van der Waals surface area contributed by atoms with Crippen LogP contribution in [0.25, 0.3) is 0 Å². The summed E-state index contributed by atoms with van der Waals surface area (Å²) in [6.07, 6.45) is 0.186. The number of nitrogens with one attached hydrogen (secondary N) is 1. The fourth-order valence-corrected chi connectivity index (χ4v) is 3.32. The second kappa shape index (κ2) is 6.07. The third-order valence-electron chi connectivity index (χ3n) is 1.53. The molecular formula is C6H16BrNO6P2. The second-order valence-corrected chi connectivity index (χ2v) is 7.87. The summed E-state index contributed by atoms with van der Waals surface area (Å²) in [6.45, 7) is 2.34. The molecule has 0 amide bonds. The summed E-state index contributed by atoms with van der Waals surface area (Å²) in [5.74, 6) is 0. The first-order valence-electron chi connectivity index (χ1n) is 4.35. The molecular weight excluding hydrogens is 324 g/mol. The van der Waals surface area contributed by atoms with Gasteiger partial charge in [-0.05, 0) is 13.3 Å². The lowest BCUT2D eigenvalue weighted by Crippen LogP contribution is -2.30. The Bertz CT molecular complexity index is 316. The molecule has 0 aromatic rings. The Balaban J connectivity index is 4.11. The highest BCUT2D eigenvalue weighted by atomic mass is 79.9. The number of rotatable bonds is 7. The van der Waals surface area contributed by atoms with Gasteiger partial charge in [0.1, 0.15) is 0 Å². The van der Waals surface area contributed by atoms with E-state index in [4.69, 9.17) is 9.79 Å². The molecule has 0 fully saturated rings. The molecule has 10 heteroatoms. The Labute approximate surface area is 102 Å². The lowest BCUT2D eigenvalue weighted by atomic mass is 10.1. The quantitative estimate of drug-likeness (QED) is 0.404. The Morgan fingerprint density at radius 2 is 1.94 bits per heavy atom. The highest BCUT2D eigenvalue weighted by molar-refractivity contribution is 9.09. The molecule has 0 aromatic heterocycles. The number of hydrogen-bond acceptors (Lipinski definition) is 4. The second-order valence-electron chi connectivity index (χ2n) is 3.69. The van der Waals surface area contributed by atoms with Crippen LogP contribution in [-0.4, -0.2) is 39.0 Å². The molecule has 0 aliphatic carbocycles. The van der Waals surface area contributed by atoms with Crippen LogP contribution in [0.4, 0.5) is 0 Å². The van der Waals surface area contributed by atoms with Crippen LogP contribution in [-0.2, 0) is 13.4 Å². The highest BCUT2D eigenvalue weighted by Crippen LogP contribution is 2.54. The van der Waals surface area contributed by atoms with E-state index in [0.717, 1.165) is 6.66 Å². The van der Waals surface area contributed by atoms with E-state index in [0.29, 0.717) is 5.33 Å². The van der Waals surface area contributed by atoms with Gasteiger partial charge in [0.2, 0.25) is 0 Å². The fourth-order valence-electron chi connectivity index (χ4n) is 0.768. The van der Waals surface area contributed by atoms with E-state index in [-0.39, 0.29) is 13.0 Å². The van der Waals surface area contributed by atoms with E-state index in [2.05, 4.69) is 25.3 Å². The van der Waals surface area contributed by atoms with Gasteiger partial charge >= 0.3 is 15.3 Å². The van der Waals surface area contributed by atoms with Gasteiger partial charge in [-0.2, -0.15) is 0 Å². The normalized spacial score (nSPS) is 23.1. The molecule has 98 valence electrons.